The summed E-state index contributed by atoms with van der Waals surface area (Å²) in [4.78, 5) is 72.0. The first-order valence-corrected chi connectivity index (χ1v) is 24.8. The first-order chi connectivity index (χ1) is 38.2. The molecule has 0 bridgehead atoms. The van der Waals surface area contributed by atoms with Crippen LogP contribution in [0.4, 0.5) is 0 Å². The number of aliphatic hydroxyl groups excluding tert-OH is 4. The summed E-state index contributed by atoms with van der Waals surface area (Å²) < 4.78 is 47.7. The van der Waals surface area contributed by atoms with Crippen LogP contribution in [0.2, 0.25) is 0 Å². The molecule has 444 valence electrons. The molecule has 10 atom stereocenters. The molecular formula is C46H71N15O19. The molecule has 2 aliphatic rings. The van der Waals surface area contributed by atoms with E-state index in [1.807, 2.05) is 0 Å². The number of aliphatic carboxylic acids is 2. The maximum atomic E-state index is 13.9. The summed E-state index contributed by atoms with van der Waals surface area (Å²) in [7, 11) is 0. The van der Waals surface area contributed by atoms with Crippen molar-refractivity contribution in [3.63, 3.8) is 0 Å². The number of nitrogens with one attached hydrogen (secondary N) is 2. The van der Waals surface area contributed by atoms with Crippen molar-refractivity contribution in [3.05, 3.63) is 47.5 Å². The highest BCUT2D eigenvalue weighted by Gasteiger charge is 2.46. The number of guanidine groups is 2. The van der Waals surface area contributed by atoms with Crippen LogP contribution < -0.4 is 33.6 Å². The Morgan fingerprint density at radius 3 is 1.45 bits per heavy atom. The van der Waals surface area contributed by atoms with Gasteiger partial charge in [-0.05, 0) is 12.2 Å². The summed E-state index contributed by atoms with van der Waals surface area (Å²) in [6.45, 7) is 1.72. The molecule has 34 heteroatoms. The second-order valence-electron chi connectivity index (χ2n) is 17.6. The van der Waals surface area contributed by atoms with Gasteiger partial charge in [0.1, 0.15) is 42.4 Å². The number of terminal acetylenes is 1. The predicted molar refractivity (Wildman–Crippen MR) is 272 cm³/mol. The Morgan fingerprint density at radius 1 is 0.688 bits per heavy atom. The molecule has 4 rings (SSSR count). The topological polar surface area (TPSA) is 498 Å². The van der Waals surface area contributed by atoms with Crippen molar-refractivity contribution in [1.82, 2.24) is 45.5 Å². The van der Waals surface area contributed by atoms with Crippen LogP contribution in [0, 0.1) is 12.3 Å². The number of hydrogen-bond acceptors (Lipinski definition) is 23. The Labute approximate surface area is 458 Å². The zero-order chi connectivity index (χ0) is 58.7. The molecule has 0 aliphatic carbocycles. The number of carboxylic acid groups (broad SMARTS) is 2. The molecule has 4 heterocycles. The van der Waals surface area contributed by atoms with Gasteiger partial charge >= 0.3 is 11.9 Å². The molecule has 2 aromatic heterocycles. The molecule has 16 N–H and O–H groups in total. The number of ether oxygens (including phenoxy) is 8. The molecule has 80 heavy (non-hydrogen) atoms. The fraction of sp³-hybridized carbons (Fsp3) is 0.630. The lowest BCUT2D eigenvalue weighted by atomic mass is 9.92. The standard InChI is InChI=1S/C46H71N15O19/c1-4-8-73-12-14-75-16-17-76-15-13-74-9-5-36(68)59(20-28-22-60(57-55-28)6-10-77-39(32(66)24-62)41-37(51-26(2)64)30(53-45(47)48)18-34(79-41)43(69)70)21-29-23-61(58-56-29)7-11-78-40(33(67)25-63)42-38(52-27(3)65)31(54-46(49)50)19-35(80-42)44(71)72/h1,18-19,22-23,30-33,37-42,62-63,66-67H,5-17,20-21,24-25H2,2-3H3,(H,51,64)(H,52,65)(H,69,70)(H,71,72)(H4,47,48,53)(H4,49,50,54)/t30-,31-,32+,33+,37+,38+,39+,40+,41+,42+/m0/s1. The van der Waals surface area contributed by atoms with Crippen LogP contribution in [-0.2, 0) is 88.0 Å². The highest BCUT2D eigenvalue weighted by atomic mass is 16.6. The van der Waals surface area contributed by atoms with Crippen LogP contribution in [0.15, 0.2) is 46.0 Å². The summed E-state index contributed by atoms with van der Waals surface area (Å²) in [6, 6.07) is -4.71. The van der Waals surface area contributed by atoms with E-state index in [0.29, 0.717) is 37.8 Å². The molecule has 0 saturated carbocycles. The van der Waals surface area contributed by atoms with E-state index in [0.717, 1.165) is 12.2 Å². The first-order valence-electron chi connectivity index (χ1n) is 24.8. The number of aromatic nitrogens is 6. The Hall–Kier alpha value is -7.59. The monoisotopic (exact) mass is 1140 g/mol. The van der Waals surface area contributed by atoms with Gasteiger partial charge in [0.05, 0.1) is 142 Å². The van der Waals surface area contributed by atoms with Crippen molar-refractivity contribution in [2.45, 2.75) is 107 Å². The molecule has 2 aliphatic heterocycles. The average Bonchev–Trinajstić information content (AvgIpc) is 4.10. The fourth-order valence-electron chi connectivity index (χ4n) is 7.99. The molecule has 0 radical (unpaired) electrons. The molecule has 34 nitrogen and oxygen atoms in total. The maximum Gasteiger partial charge on any atom is 0.370 e. The van der Waals surface area contributed by atoms with Crippen LogP contribution in [0.25, 0.3) is 0 Å². The second-order valence-corrected chi connectivity index (χ2v) is 17.6. The second kappa shape index (κ2) is 33.8. The molecule has 0 saturated heterocycles. The number of amides is 3. The van der Waals surface area contributed by atoms with E-state index in [2.05, 4.69) is 47.2 Å². The third kappa shape index (κ3) is 21.6. The summed E-state index contributed by atoms with van der Waals surface area (Å²) in [5, 5.41) is 83.2. The van der Waals surface area contributed by atoms with E-state index >= 15 is 0 Å². The number of aliphatic imine (C=N–C) groups is 2. The normalized spacial score (nSPS) is 20.2. The van der Waals surface area contributed by atoms with Crippen molar-refractivity contribution in [2.75, 3.05) is 79.3 Å². The van der Waals surface area contributed by atoms with Crippen LogP contribution >= 0.6 is 0 Å². The highest BCUT2D eigenvalue weighted by Crippen LogP contribution is 2.28. The van der Waals surface area contributed by atoms with E-state index in [4.69, 9.17) is 67.3 Å². The van der Waals surface area contributed by atoms with E-state index in [1.54, 1.807) is 0 Å². The van der Waals surface area contributed by atoms with E-state index in [9.17, 15) is 54.6 Å². The first kappa shape index (κ1) is 64.9. The molecule has 3 amide bonds. The van der Waals surface area contributed by atoms with E-state index in [1.165, 1.54) is 40.5 Å². The van der Waals surface area contributed by atoms with Gasteiger partial charge in [0, 0.05) is 13.8 Å². The summed E-state index contributed by atoms with van der Waals surface area (Å²) in [5.41, 5.74) is 23.0. The summed E-state index contributed by atoms with van der Waals surface area (Å²) >= 11 is 0. The third-order valence-electron chi connectivity index (χ3n) is 11.4. The highest BCUT2D eigenvalue weighted by molar-refractivity contribution is 5.86. The Bertz CT molecular complexity index is 2340. The predicted octanol–water partition coefficient (Wildman–Crippen LogP) is -7.01. The fourth-order valence-corrected chi connectivity index (χ4v) is 7.99. The zero-order valence-electron chi connectivity index (χ0n) is 44.0. The van der Waals surface area contributed by atoms with Crippen LogP contribution in [-0.4, -0.2) is 247 Å². The average molecular weight is 1140 g/mol. The maximum absolute atomic E-state index is 13.9. The van der Waals surface area contributed by atoms with Crippen LogP contribution in [0.5, 0.6) is 0 Å². The lowest BCUT2D eigenvalue weighted by Crippen LogP contribution is -2.60. The molecule has 0 fully saturated rings. The van der Waals surface area contributed by atoms with Gasteiger partial charge in [0.15, 0.2) is 24.1 Å². The summed E-state index contributed by atoms with van der Waals surface area (Å²) in [5.74, 6) is -4.30. The number of carbonyl (C=O) groups is 5. The van der Waals surface area contributed by atoms with Gasteiger partial charge in [0.2, 0.25) is 29.2 Å². The summed E-state index contributed by atoms with van der Waals surface area (Å²) in [6.07, 6.45) is 1.06. The number of carboxylic acids is 2. The Balaban J connectivity index is 1.47. The number of rotatable bonds is 37. The number of aliphatic hydroxyl groups is 4. The minimum absolute atomic E-state index is 0.00535. The van der Waals surface area contributed by atoms with Gasteiger partial charge in [-0.15, -0.1) is 16.6 Å². The molecule has 0 spiro atoms. The van der Waals surface area contributed by atoms with Gasteiger partial charge in [0.25, 0.3) is 0 Å². The lowest BCUT2D eigenvalue weighted by molar-refractivity contribution is -0.154. The Kier molecular flexibility index (Phi) is 27.4. The molecule has 0 aromatic carbocycles. The van der Waals surface area contributed by atoms with Gasteiger partial charge in [-0.1, -0.05) is 16.3 Å². The van der Waals surface area contributed by atoms with Crippen molar-refractivity contribution < 1.29 is 92.5 Å². The van der Waals surface area contributed by atoms with Crippen LogP contribution in [0.1, 0.15) is 31.7 Å². The van der Waals surface area contributed by atoms with Crippen molar-refractivity contribution >= 4 is 41.6 Å². The minimum atomic E-state index is -1.67. The molecular weight excluding hydrogens is 1070 g/mol. The minimum Gasteiger partial charge on any atom is -0.478 e. The van der Waals surface area contributed by atoms with Crippen LogP contribution in [0.3, 0.4) is 0 Å². The number of hydrogen-bond donors (Lipinski definition) is 12. The van der Waals surface area contributed by atoms with Crippen molar-refractivity contribution in [2.24, 2.45) is 32.9 Å². The van der Waals surface area contributed by atoms with Crippen molar-refractivity contribution in [3.8, 4) is 12.3 Å². The number of carbonyl (C=O) groups excluding carboxylic acids is 3. The number of nitrogens with two attached hydrogens (primary N) is 4. The largest absolute Gasteiger partial charge is 0.478 e. The van der Waals surface area contributed by atoms with E-state index < -0.39 is 127 Å². The molecule has 2 aromatic rings. The Morgan fingerprint density at radius 2 is 1.09 bits per heavy atom. The molecule has 0 unspecified atom stereocenters. The zero-order valence-corrected chi connectivity index (χ0v) is 44.0. The van der Waals surface area contributed by atoms with Gasteiger partial charge in [-0.3, -0.25) is 14.4 Å². The smallest absolute Gasteiger partial charge is 0.370 e. The lowest BCUT2D eigenvalue weighted by Gasteiger charge is -2.40. The van der Waals surface area contributed by atoms with Gasteiger partial charge in [-0.2, -0.15) is 0 Å². The van der Waals surface area contributed by atoms with E-state index in [-0.39, 0.29) is 72.2 Å². The SMILES string of the molecule is C#CCOCCOCCOCCOCCC(=O)N(Cc1cn(CCO[C@@H]([C@@H]2OC(C(=O)O)=C[C@H](N=C(N)N)[C@H]2NC(C)=O)[C@H](O)CO)nn1)Cc1cn(CCO[C@@H]([C@@H]2OC(C(=O)O)=C[C@H](N=C(N)N)[C@H]2NC(C)=O)[C@H](O)CO)nn1. The quantitative estimate of drug-likeness (QED) is 0.0129. The number of nitrogens with zero attached hydrogens (tertiary/aromatic N) is 9. The third-order valence-corrected chi connectivity index (χ3v) is 11.4. The van der Waals surface area contributed by atoms with Gasteiger partial charge < -0.3 is 107 Å². The van der Waals surface area contributed by atoms with Crippen molar-refractivity contribution in [1.29, 1.82) is 0 Å². The van der Waals surface area contributed by atoms with Gasteiger partial charge in [-0.25, -0.2) is 28.9 Å².